The van der Waals surface area contributed by atoms with Crippen LogP contribution in [0.5, 0.6) is 0 Å². The Kier molecular flexibility index (Phi) is 10.7. The van der Waals surface area contributed by atoms with Gasteiger partial charge in [0.05, 0.1) is 0 Å². The molecule has 0 bridgehead atoms. The van der Waals surface area contributed by atoms with Crippen molar-refractivity contribution in [3.8, 4) is 0 Å². The maximum absolute atomic E-state index is 13.2. The first-order valence-corrected chi connectivity index (χ1v) is 4.90. The van der Waals surface area contributed by atoms with Crippen molar-refractivity contribution in [1.82, 2.24) is 10.2 Å². The van der Waals surface area contributed by atoms with Crippen LogP contribution in [0.1, 0.15) is 5.56 Å². The van der Waals surface area contributed by atoms with E-state index in [1.54, 1.807) is 0 Å². The largest absolute Gasteiger partial charge is 0.318 e. The molecule has 1 aromatic rings. The summed E-state index contributed by atoms with van der Waals surface area (Å²) in [7, 11) is 3.73. The Morgan fingerprint density at radius 2 is 1.88 bits per heavy atom. The van der Waals surface area contributed by atoms with Crippen molar-refractivity contribution >= 4 is 24.8 Å². The van der Waals surface area contributed by atoms with Crippen LogP contribution in [0.15, 0.2) is 18.2 Å². The zero-order valence-electron chi connectivity index (χ0n) is 9.87. The third-order valence-electron chi connectivity index (χ3n) is 2.19. The van der Waals surface area contributed by atoms with Crippen molar-refractivity contribution in [3.05, 3.63) is 35.4 Å². The summed E-state index contributed by atoms with van der Waals surface area (Å²) in [4.78, 5) is 1.94. The van der Waals surface area contributed by atoms with Gasteiger partial charge in [0.2, 0.25) is 0 Å². The van der Waals surface area contributed by atoms with Crippen molar-refractivity contribution < 1.29 is 8.78 Å². The van der Waals surface area contributed by atoms with Crippen LogP contribution in [-0.2, 0) is 6.54 Å². The fraction of sp³-hybridized carbons (Fsp3) is 0.455. The molecule has 1 rings (SSSR count). The molecule has 0 atom stereocenters. The van der Waals surface area contributed by atoms with Crippen LogP contribution in [-0.4, -0.2) is 32.1 Å². The summed E-state index contributed by atoms with van der Waals surface area (Å²) in [5, 5.41) is 3.00. The molecule has 0 aromatic heterocycles. The van der Waals surface area contributed by atoms with Crippen molar-refractivity contribution in [2.45, 2.75) is 6.54 Å². The molecule has 0 saturated carbocycles. The van der Waals surface area contributed by atoms with Gasteiger partial charge in [0.25, 0.3) is 0 Å². The molecule has 0 aliphatic heterocycles. The summed E-state index contributed by atoms with van der Waals surface area (Å²) >= 11 is 0. The summed E-state index contributed by atoms with van der Waals surface area (Å²) in [6.45, 7) is 2.05. The fourth-order valence-corrected chi connectivity index (χ4v) is 1.34. The van der Waals surface area contributed by atoms with Gasteiger partial charge in [0, 0.05) is 25.2 Å². The standard InChI is InChI=1S/C11H16F2N2.2ClH/c1-14-5-6-15(2)8-9-7-10(12)3-4-11(9)13;;/h3-4,7,14H,5-6,8H2,1-2H3;2*1H. The number of likely N-dealkylation sites (N-methyl/N-ethyl adjacent to an activating group) is 2. The van der Waals surface area contributed by atoms with Crippen LogP contribution < -0.4 is 5.32 Å². The first-order chi connectivity index (χ1) is 7.13. The van der Waals surface area contributed by atoms with E-state index in [1.165, 1.54) is 6.07 Å². The monoisotopic (exact) mass is 286 g/mol. The van der Waals surface area contributed by atoms with Gasteiger partial charge in [0.1, 0.15) is 11.6 Å². The minimum atomic E-state index is -0.395. The van der Waals surface area contributed by atoms with Crippen molar-refractivity contribution in [2.24, 2.45) is 0 Å². The van der Waals surface area contributed by atoms with Crippen LogP contribution >= 0.6 is 24.8 Å². The third-order valence-corrected chi connectivity index (χ3v) is 2.19. The van der Waals surface area contributed by atoms with Gasteiger partial charge in [-0.2, -0.15) is 0 Å². The van der Waals surface area contributed by atoms with Crippen LogP contribution in [0.4, 0.5) is 8.78 Å². The minimum Gasteiger partial charge on any atom is -0.318 e. The van der Waals surface area contributed by atoms with Gasteiger partial charge < -0.3 is 10.2 Å². The molecule has 0 radical (unpaired) electrons. The smallest absolute Gasteiger partial charge is 0.127 e. The van der Waals surface area contributed by atoms with Crippen molar-refractivity contribution in [2.75, 3.05) is 27.2 Å². The summed E-state index contributed by atoms with van der Waals surface area (Å²) in [5.74, 6) is -0.749. The first-order valence-electron chi connectivity index (χ1n) is 4.90. The lowest BCUT2D eigenvalue weighted by Crippen LogP contribution is -2.27. The van der Waals surface area contributed by atoms with Gasteiger partial charge in [-0.15, -0.1) is 24.8 Å². The van der Waals surface area contributed by atoms with Crippen LogP contribution in [0.25, 0.3) is 0 Å². The molecule has 0 amide bonds. The second-order valence-electron chi connectivity index (χ2n) is 3.58. The van der Waals surface area contributed by atoms with Crippen molar-refractivity contribution in [1.29, 1.82) is 0 Å². The molecule has 0 heterocycles. The van der Waals surface area contributed by atoms with Gasteiger partial charge in [-0.05, 0) is 32.3 Å². The highest BCUT2D eigenvalue weighted by molar-refractivity contribution is 5.85. The third kappa shape index (κ3) is 6.78. The van der Waals surface area contributed by atoms with Crippen LogP contribution in [0.2, 0.25) is 0 Å². The molecular weight excluding hydrogens is 269 g/mol. The number of hydrogen-bond acceptors (Lipinski definition) is 2. The number of nitrogens with zero attached hydrogens (tertiary/aromatic N) is 1. The highest BCUT2D eigenvalue weighted by atomic mass is 35.5. The van der Waals surface area contributed by atoms with E-state index in [1.807, 2.05) is 19.0 Å². The zero-order valence-corrected chi connectivity index (χ0v) is 11.5. The van der Waals surface area contributed by atoms with E-state index < -0.39 is 5.82 Å². The lowest BCUT2D eigenvalue weighted by Gasteiger charge is -2.16. The molecule has 17 heavy (non-hydrogen) atoms. The molecule has 1 aromatic carbocycles. The van der Waals surface area contributed by atoms with Gasteiger partial charge in [0.15, 0.2) is 0 Å². The van der Waals surface area contributed by atoms with E-state index >= 15 is 0 Å². The van der Waals surface area contributed by atoms with Gasteiger partial charge >= 0.3 is 0 Å². The second kappa shape index (κ2) is 9.59. The summed E-state index contributed by atoms with van der Waals surface area (Å²) in [6, 6.07) is 3.54. The van der Waals surface area contributed by atoms with Crippen molar-refractivity contribution in [3.63, 3.8) is 0 Å². The lowest BCUT2D eigenvalue weighted by molar-refractivity contribution is 0.322. The number of benzene rings is 1. The molecule has 0 aliphatic carbocycles. The van der Waals surface area contributed by atoms with Gasteiger partial charge in [-0.3, -0.25) is 0 Å². The topological polar surface area (TPSA) is 15.3 Å². The van der Waals surface area contributed by atoms with E-state index in [-0.39, 0.29) is 30.6 Å². The minimum absolute atomic E-state index is 0. The number of rotatable bonds is 5. The Hall–Kier alpha value is -0.420. The van der Waals surface area contributed by atoms with Crippen LogP contribution in [0, 0.1) is 11.6 Å². The Morgan fingerprint density at radius 3 is 2.47 bits per heavy atom. The molecule has 0 aliphatic rings. The SMILES string of the molecule is CNCCN(C)Cc1cc(F)ccc1F.Cl.Cl. The predicted octanol–water partition coefficient (Wildman–Crippen LogP) is 2.46. The highest BCUT2D eigenvalue weighted by Gasteiger charge is 2.06. The Morgan fingerprint density at radius 1 is 1.24 bits per heavy atom. The first kappa shape index (κ1) is 18.9. The van der Waals surface area contributed by atoms with E-state index in [2.05, 4.69) is 5.32 Å². The van der Waals surface area contributed by atoms with E-state index in [9.17, 15) is 8.78 Å². The molecule has 100 valence electrons. The molecule has 6 heteroatoms. The van der Waals surface area contributed by atoms with Gasteiger partial charge in [-0.25, -0.2) is 8.78 Å². The molecule has 1 N–H and O–H groups in total. The Labute approximate surface area is 113 Å². The van der Waals surface area contributed by atoms with E-state index in [0.29, 0.717) is 12.1 Å². The normalized spacial score (nSPS) is 9.71. The molecule has 0 fully saturated rings. The lowest BCUT2D eigenvalue weighted by atomic mass is 10.2. The zero-order chi connectivity index (χ0) is 11.3. The average molecular weight is 287 g/mol. The summed E-state index contributed by atoms with van der Waals surface area (Å²) in [6.07, 6.45) is 0. The number of halogens is 4. The quantitative estimate of drug-likeness (QED) is 0.895. The maximum atomic E-state index is 13.2. The molecule has 0 unspecified atom stereocenters. The van der Waals surface area contributed by atoms with E-state index in [0.717, 1.165) is 25.2 Å². The number of hydrogen-bond donors (Lipinski definition) is 1. The molecule has 0 saturated heterocycles. The maximum Gasteiger partial charge on any atom is 0.127 e. The van der Waals surface area contributed by atoms with E-state index in [4.69, 9.17) is 0 Å². The number of nitrogens with one attached hydrogen (secondary N) is 1. The van der Waals surface area contributed by atoms with Crippen LogP contribution in [0.3, 0.4) is 0 Å². The second-order valence-corrected chi connectivity index (χ2v) is 3.58. The highest BCUT2D eigenvalue weighted by Crippen LogP contribution is 2.11. The molecule has 2 nitrogen and oxygen atoms in total. The average Bonchev–Trinajstić information content (AvgIpc) is 2.20. The predicted molar refractivity (Wildman–Crippen MR) is 71.1 cm³/mol. The fourth-order valence-electron chi connectivity index (χ4n) is 1.34. The molecule has 0 spiro atoms. The summed E-state index contributed by atoms with van der Waals surface area (Å²) < 4.78 is 26.1. The molecular formula is C11H18Cl2F2N2. The Bertz CT molecular complexity index is 324. The van der Waals surface area contributed by atoms with Gasteiger partial charge in [-0.1, -0.05) is 0 Å². The summed E-state index contributed by atoms with van der Waals surface area (Å²) in [5.41, 5.74) is 0.397. The Balaban J connectivity index is 0.